The summed E-state index contributed by atoms with van der Waals surface area (Å²) in [5.74, 6) is -1.91. The zero-order valence-corrected chi connectivity index (χ0v) is 13.2. The third-order valence-corrected chi connectivity index (χ3v) is 2.88. The van der Waals surface area contributed by atoms with E-state index >= 15 is 0 Å². The van der Waals surface area contributed by atoms with Crippen LogP contribution in [0.4, 0.5) is 0 Å². The molecule has 0 unspecified atom stereocenters. The van der Waals surface area contributed by atoms with Crippen LogP contribution in [0.5, 0.6) is 5.75 Å². The van der Waals surface area contributed by atoms with Gasteiger partial charge in [-0.15, -0.1) is 0 Å². The van der Waals surface area contributed by atoms with Crippen LogP contribution in [0, 0.1) is 0 Å². The molecule has 0 bridgehead atoms. The number of benzene rings is 1. The van der Waals surface area contributed by atoms with E-state index in [1.807, 2.05) is 0 Å². The minimum absolute atomic E-state index is 0.0657. The molecule has 0 saturated heterocycles. The van der Waals surface area contributed by atoms with Gasteiger partial charge in [0.1, 0.15) is 5.75 Å². The number of nitrogens with one attached hydrogen (secondary N) is 2. The fourth-order valence-electron chi connectivity index (χ4n) is 1.42. The maximum Gasteiger partial charge on any atom is 0.329 e. The van der Waals surface area contributed by atoms with Crippen molar-refractivity contribution in [3.8, 4) is 5.75 Å². The third kappa shape index (κ3) is 4.91. The molecule has 21 heavy (non-hydrogen) atoms. The van der Waals surface area contributed by atoms with E-state index in [2.05, 4.69) is 15.8 Å². The maximum absolute atomic E-state index is 11.5. The first kappa shape index (κ1) is 17.3. The number of rotatable bonds is 3. The minimum atomic E-state index is -0.907. The van der Waals surface area contributed by atoms with Crippen LogP contribution in [-0.2, 0) is 9.59 Å². The number of phenolic OH excluding ortho intramolecular Hbond substituents is 1. The van der Waals surface area contributed by atoms with E-state index in [1.54, 1.807) is 13.8 Å². The average molecular weight is 332 g/mol. The minimum Gasteiger partial charge on any atom is -0.506 e. The topological polar surface area (TPSA) is 90.8 Å². The molecule has 0 heterocycles. The Kier molecular flexibility index (Phi) is 5.99. The van der Waals surface area contributed by atoms with Crippen molar-refractivity contribution in [1.82, 2.24) is 10.7 Å². The Bertz CT molecular complexity index is 601. The van der Waals surface area contributed by atoms with Gasteiger partial charge < -0.3 is 10.4 Å². The lowest BCUT2D eigenvalue weighted by Crippen LogP contribution is -2.41. The van der Waals surface area contributed by atoms with Crippen LogP contribution in [0.3, 0.4) is 0 Å². The molecule has 0 aliphatic carbocycles. The second kappa shape index (κ2) is 7.28. The van der Waals surface area contributed by atoms with E-state index in [1.165, 1.54) is 19.1 Å². The lowest BCUT2D eigenvalue weighted by molar-refractivity contribution is -0.139. The van der Waals surface area contributed by atoms with Crippen LogP contribution in [0.15, 0.2) is 17.2 Å². The molecular formula is C13H15Cl2N3O3. The second-order valence-electron chi connectivity index (χ2n) is 4.55. The van der Waals surface area contributed by atoms with Crippen LogP contribution in [-0.4, -0.2) is 28.7 Å². The summed E-state index contributed by atoms with van der Waals surface area (Å²) < 4.78 is 0. The Morgan fingerprint density at radius 2 is 1.86 bits per heavy atom. The summed E-state index contributed by atoms with van der Waals surface area (Å²) in [5.41, 5.74) is 2.61. The van der Waals surface area contributed by atoms with Crippen LogP contribution in [0.2, 0.25) is 10.0 Å². The van der Waals surface area contributed by atoms with Crippen molar-refractivity contribution >= 4 is 40.7 Å². The number of hydrogen-bond donors (Lipinski definition) is 3. The van der Waals surface area contributed by atoms with Crippen molar-refractivity contribution in [3.05, 3.63) is 27.7 Å². The Labute approximate surface area is 132 Å². The van der Waals surface area contributed by atoms with Gasteiger partial charge in [0.25, 0.3) is 0 Å². The van der Waals surface area contributed by atoms with Gasteiger partial charge in [-0.25, -0.2) is 5.43 Å². The summed E-state index contributed by atoms with van der Waals surface area (Å²) in [5, 5.41) is 16.4. The summed E-state index contributed by atoms with van der Waals surface area (Å²) in [4.78, 5) is 22.9. The molecule has 0 fully saturated rings. The lowest BCUT2D eigenvalue weighted by Gasteiger charge is -2.08. The fourth-order valence-corrected chi connectivity index (χ4v) is 1.91. The van der Waals surface area contributed by atoms with Crippen LogP contribution in [0.1, 0.15) is 26.3 Å². The third-order valence-electron chi connectivity index (χ3n) is 2.37. The number of carbonyl (C=O) groups excluding carboxylic acids is 2. The predicted molar refractivity (Wildman–Crippen MR) is 81.8 cm³/mol. The second-order valence-corrected chi connectivity index (χ2v) is 5.39. The van der Waals surface area contributed by atoms with Gasteiger partial charge in [-0.2, -0.15) is 5.10 Å². The summed E-state index contributed by atoms with van der Waals surface area (Å²) >= 11 is 11.6. The van der Waals surface area contributed by atoms with Gasteiger partial charge in [0, 0.05) is 16.6 Å². The van der Waals surface area contributed by atoms with E-state index in [9.17, 15) is 14.7 Å². The van der Waals surface area contributed by atoms with E-state index in [0.29, 0.717) is 5.02 Å². The van der Waals surface area contributed by atoms with Gasteiger partial charge in [-0.1, -0.05) is 23.2 Å². The molecule has 1 rings (SSSR count). The van der Waals surface area contributed by atoms with E-state index in [4.69, 9.17) is 23.2 Å². The van der Waals surface area contributed by atoms with Crippen LogP contribution >= 0.6 is 23.2 Å². The van der Waals surface area contributed by atoms with Gasteiger partial charge in [-0.05, 0) is 32.9 Å². The molecule has 0 spiro atoms. The number of amides is 2. The van der Waals surface area contributed by atoms with Crippen molar-refractivity contribution in [2.24, 2.45) is 5.10 Å². The SMILES string of the molecule is C/C(=N\NC(=O)C(=O)NC(C)C)c1cc(Cl)cc(Cl)c1O. The number of carbonyl (C=O) groups is 2. The van der Waals surface area contributed by atoms with E-state index in [-0.39, 0.29) is 28.1 Å². The number of aromatic hydroxyl groups is 1. The summed E-state index contributed by atoms with van der Waals surface area (Å²) in [6, 6.07) is 2.66. The number of phenols is 1. The van der Waals surface area contributed by atoms with Crippen LogP contribution in [0.25, 0.3) is 0 Å². The van der Waals surface area contributed by atoms with Crippen molar-refractivity contribution in [1.29, 1.82) is 0 Å². The molecule has 0 saturated carbocycles. The first-order valence-electron chi connectivity index (χ1n) is 6.06. The molecule has 1 aromatic carbocycles. The molecule has 3 N–H and O–H groups in total. The number of hydrogen-bond acceptors (Lipinski definition) is 4. The molecule has 0 aromatic heterocycles. The first-order chi connectivity index (χ1) is 9.72. The quantitative estimate of drug-likeness (QED) is 0.450. The van der Waals surface area contributed by atoms with Crippen molar-refractivity contribution in [2.45, 2.75) is 26.8 Å². The average Bonchev–Trinajstić information content (AvgIpc) is 2.38. The molecule has 6 nitrogen and oxygen atoms in total. The van der Waals surface area contributed by atoms with Crippen molar-refractivity contribution in [2.75, 3.05) is 0 Å². The lowest BCUT2D eigenvalue weighted by atomic mass is 10.1. The highest BCUT2D eigenvalue weighted by molar-refractivity contribution is 6.36. The zero-order valence-electron chi connectivity index (χ0n) is 11.7. The normalized spacial score (nSPS) is 11.4. The molecule has 0 aliphatic rings. The zero-order chi connectivity index (χ0) is 16.2. The Morgan fingerprint density at radius 3 is 2.43 bits per heavy atom. The summed E-state index contributed by atoms with van der Waals surface area (Å²) in [6.07, 6.45) is 0. The first-order valence-corrected chi connectivity index (χ1v) is 6.81. The van der Waals surface area contributed by atoms with Gasteiger partial charge >= 0.3 is 11.8 Å². The number of nitrogens with zero attached hydrogens (tertiary/aromatic N) is 1. The molecule has 0 radical (unpaired) electrons. The molecular weight excluding hydrogens is 317 g/mol. The predicted octanol–water partition coefficient (Wildman–Crippen LogP) is 2.06. The molecule has 0 atom stereocenters. The Morgan fingerprint density at radius 1 is 1.24 bits per heavy atom. The fraction of sp³-hybridized carbons (Fsp3) is 0.308. The maximum atomic E-state index is 11.5. The molecule has 1 aromatic rings. The van der Waals surface area contributed by atoms with Gasteiger partial charge in [0.15, 0.2) is 0 Å². The van der Waals surface area contributed by atoms with Gasteiger partial charge in [-0.3, -0.25) is 9.59 Å². The highest BCUT2D eigenvalue weighted by Crippen LogP contribution is 2.31. The van der Waals surface area contributed by atoms with E-state index < -0.39 is 11.8 Å². The highest BCUT2D eigenvalue weighted by atomic mass is 35.5. The summed E-state index contributed by atoms with van der Waals surface area (Å²) in [6.45, 7) is 4.99. The largest absolute Gasteiger partial charge is 0.506 e. The summed E-state index contributed by atoms with van der Waals surface area (Å²) in [7, 11) is 0. The standard InChI is InChI=1S/C13H15Cl2N3O3/c1-6(2)16-12(20)13(21)18-17-7(3)9-4-8(14)5-10(15)11(9)19/h4-6,19H,1-3H3,(H,16,20)(H,18,21)/b17-7+. The Hall–Kier alpha value is -1.79. The molecule has 114 valence electrons. The van der Waals surface area contributed by atoms with Crippen LogP contribution < -0.4 is 10.7 Å². The van der Waals surface area contributed by atoms with Crippen molar-refractivity contribution in [3.63, 3.8) is 0 Å². The van der Waals surface area contributed by atoms with Crippen molar-refractivity contribution < 1.29 is 14.7 Å². The molecule has 2 amide bonds. The van der Waals surface area contributed by atoms with Gasteiger partial charge in [0.2, 0.25) is 0 Å². The number of hydrazone groups is 1. The smallest absolute Gasteiger partial charge is 0.329 e. The molecule has 8 heteroatoms. The van der Waals surface area contributed by atoms with E-state index in [0.717, 1.165) is 0 Å². The monoisotopic (exact) mass is 331 g/mol. The molecule has 0 aliphatic heterocycles. The number of halogens is 2. The van der Waals surface area contributed by atoms with Gasteiger partial charge in [0.05, 0.1) is 10.7 Å². The highest BCUT2D eigenvalue weighted by Gasteiger charge is 2.15. The Balaban J connectivity index is 2.87.